The number of fused-ring (bicyclic) bond motifs is 1. The van der Waals surface area contributed by atoms with Gasteiger partial charge in [-0.3, -0.25) is 4.98 Å². The monoisotopic (exact) mass is 422 g/mol. The van der Waals surface area contributed by atoms with E-state index in [0.717, 1.165) is 22.6 Å². The fourth-order valence-electron chi connectivity index (χ4n) is 3.62. The lowest BCUT2D eigenvalue weighted by Gasteiger charge is -2.10. The predicted octanol–water partition coefficient (Wildman–Crippen LogP) is 6.87. The maximum absolute atomic E-state index is 9.01. The standard InChI is InChI=1S/C27H22N2OS/c1-3-5-21(13-14-28)22-8-10-23(11-9-22)30-17-20-7-12-27-25(16-20)26(18-31-27)24-6-4-15-29-19(24)2/h4,6-12,15-16,18,21H,13,17H2,1-2H3/t21-/m0/s1. The van der Waals surface area contributed by atoms with Gasteiger partial charge in [0.1, 0.15) is 12.4 Å². The number of benzene rings is 2. The van der Waals surface area contributed by atoms with Crippen molar-refractivity contribution in [3.8, 4) is 34.8 Å². The number of nitriles is 1. The summed E-state index contributed by atoms with van der Waals surface area (Å²) in [6, 6.07) is 20.7. The molecule has 0 unspecified atom stereocenters. The van der Waals surface area contributed by atoms with Gasteiger partial charge in [-0.05, 0) is 60.7 Å². The molecule has 3 nitrogen and oxygen atoms in total. The van der Waals surface area contributed by atoms with E-state index in [9.17, 15) is 0 Å². The smallest absolute Gasteiger partial charge is 0.119 e. The van der Waals surface area contributed by atoms with Crippen LogP contribution in [0.2, 0.25) is 0 Å². The predicted molar refractivity (Wildman–Crippen MR) is 127 cm³/mol. The fraction of sp³-hybridized carbons (Fsp3) is 0.185. The summed E-state index contributed by atoms with van der Waals surface area (Å²) in [5.74, 6) is 6.75. The van der Waals surface area contributed by atoms with Gasteiger partial charge in [0.15, 0.2) is 0 Å². The van der Waals surface area contributed by atoms with E-state index in [1.807, 2.05) is 43.5 Å². The molecule has 0 bridgehead atoms. The summed E-state index contributed by atoms with van der Waals surface area (Å²) in [6.07, 6.45) is 2.22. The zero-order valence-electron chi connectivity index (χ0n) is 17.6. The molecule has 0 spiro atoms. The molecule has 4 aromatic rings. The van der Waals surface area contributed by atoms with Crippen LogP contribution >= 0.6 is 11.3 Å². The number of pyridine rings is 1. The Labute approximate surface area is 187 Å². The number of rotatable bonds is 6. The van der Waals surface area contributed by atoms with Crippen LogP contribution in [0, 0.1) is 30.1 Å². The minimum absolute atomic E-state index is 0.0561. The van der Waals surface area contributed by atoms with Crippen molar-refractivity contribution >= 4 is 21.4 Å². The average Bonchev–Trinajstić information content (AvgIpc) is 3.21. The van der Waals surface area contributed by atoms with E-state index in [1.165, 1.54) is 21.2 Å². The molecule has 0 saturated heterocycles. The van der Waals surface area contributed by atoms with Gasteiger partial charge >= 0.3 is 0 Å². The molecule has 0 fully saturated rings. The van der Waals surface area contributed by atoms with Gasteiger partial charge in [-0.2, -0.15) is 5.26 Å². The van der Waals surface area contributed by atoms with Gasteiger partial charge in [-0.25, -0.2) is 0 Å². The van der Waals surface area contributed by atoms with E-state index in [1.54, 1.807) is 18.3 Å². The maximum Gasteiger partial charge on any atom is 0.119 e. The second-order valence-electron chi connectivity index (χ2n) is 7.28. The summed E-state index contributed by atoms with van der Waals surface area (Å²) in [7, 11) is 0. The van der Waals surface area contributed by atoms with E-state index < -0.39 is 0 Å². The molecule has 2 aromatic heterocycles. The van der Waals surface area contributed by atoms with Crippen LogP contribution < -0.4 is 4.74 Å². The van der Waals surface area contributed by atoms with Crippen molar-refractivity contribution < 1.29 is 4.74 Å². The third-order valence-corrected chi connectivity index (χ3v) is 6.20. The molecule has 2 heterocycles. The molecule has 1 atom stereocenters. The maximum atomic E-state index is 9.01. The van der Waals surface area contributed by atoms with Crippen molar-refractivity contribution in [3.05, 3.63) is 83.0 Å². The quantitative estimate of drug-likeness (QED) is 0.318. The third-order valence-electron chi connectivity index (χ3n) is 5.24. The lowest BCUT2D eigenvalue weighted by atomic mass is 9.97. The molecular formula is C27H22N2OS. The van der Waals surface area contributed by atoms with Gasteiger partial charge in [-0.1, -0.05) is 30.2 Å². The van der Waals surface area contributed by atoms with Crippen LogP contribution in [0.25, 0.3) is 21.2 Å². The molecule has 0 radical (unpaired) electrons. The Balaban J connectivity index is 1.52. The van der Waals surface area contributed by atoms with Gasteiger partial charge in [0, 0.05) is 33.1 Å². The largest absolute Gasteiger partial charge is 0.489 e. The van der Waals surface area contributed by atoms with Gasteiger partial charge in [0.2, 0.25) is 0 Å². The normalized spacial score (nSPS) is 11.4. The highest BCUT2D eigenvalue weighted by atomic mass is 32.1. The molecule has 0 N–H and O–H groups in total. The summed E-state index contributed by atoms with van der Waals surface area (Å²) in [5, 5.41) is 12.4. The first-order chi connectivity index (χ1) is 15.2. The first-order valence-corrected chi connectivity index (χ1v) is 11.0. The van der Waals surface area contributed by atoms with Crippen molar-refractivity contribution in [3.63, 3.8) is 0 Å². The summed E-state index contributed by atoms with van der Waals surface area (Å²) in [4.78, 5) is 4.44. The Morgan fingerprint density at radius 1 is 1.10 bits per heavy atom. The number of hydrogen-bond donors (Lipinski definition) is 0. The average molecular weight is 423 g/mol. The minimum atomic E-state index is -0.0561. The fourth-order valence-corrected chi connectivity index (χ4v) is 4.57. The zero-order chi connectivity index (χ0) is 21.6. The SMILES string of the molecule is CC#C[C@@H](CC#N)c1ccc(OCc2ccc3scc(-c4cccnc4C)c3c2)cc1. The molecule has 4 rings (SSSR count). The van der Waals surface area contributed by atoms with Crippen LogP contribution in [0.3, 0.4) is 0 Å². The van der Waals surface area contributed by atoms with Crippen molar-refractivity contribution in [1.29, 1.82) is 5.26 Å². The Morgan fingerprint density at radius 2 is 1.94 bits per heavy atom. The van der Waals surface area contributed by atoms with Gasteiger partial charge in [-0.15, -0.1) is 17.3 Å². The van der Waals surface area contributed by atoms with E-state index in [0.29, 0.717) is 13.0 Å². The van der Waals surface area contributed by atoms with Crippen molar-refractivity contribution in [2.75, 3.05) is 0 Å². The lowest BCUT2D eigenvalue weighted by molar-refractivity contribution is 0.306. The number of aromatic nitrogens is 1. The van der Waals surface area contributed by atoms with Crippen molar-refractivity contribution in [2.45, 2.75) is 32.8 Å². The molecule has 31 heavy (non-hydrogen) atoms. The second kappa shape index (κ2) is 9.47. The number of ether oxygens (including phenoxy) is 1. The van der Waals surface area contributed by atoms with E-state index in [-0.39, 0.29) is 5.92 Å². The highest BCUT2D eigenvalue weighted by Gasteiger charge is 2.11. The van der Waals surface area contributed by atoms with Gasteiger partial charge in [0.05, 0.1) is 18.4 Å². The van der Waals surface area contributed by atoms with E-state index >= 15 is 0 Å². The molecule has 0 saturated carbocycles. The summed E-state index contributed by atoms with van der Waals surface area (Å²) < 4.78 is 7.29. The molecule has 0 aliphatic heterocycles. The van der Waals surface area contributed by atoms with Gasteiger partial charge < -0.3 is 4.74 Å². The minimum Gasteiger partial charge on any atom is -0.489 e. The summed E-state index contributed by atoms with van der Waals surface area (Å²) >= 11 is 1.75. The van der Waals surface area contributed by atoms with Crippen LogP contribution in [-0.4, -0.2) is 4.98 Å². The highest BCUT2D eigenvalue weighted by molar-refractivity contribution is 7.17. The highest BCUT2D eigenvalue weighted by Crippen LogP contribution is 2.35. The Morgan fingerprint density at radius 3 is 2.68 bits per heavy atom. The van der Waals surface area contributed by atoms with Crippen molar-refractivity contribution in [1.82, 2.24) is 4.98 Å². The van der Waals surface area contributed by atoms with Crippen LogP contribution in [0.1, 0.15) is 36.1 Å². The second-order valence-corrected chi connectivity index (χ2v) is 8.19. The molecule has 0 amide bonds. The Kier molecular flexibility index (Phi) is 6.32. The number of hydrogen-bond acceptors (Lipinski definition) is 4. The number of aryl methyl sites for hydroxylation is 1. The molecule has 2 aromatic carbocycles. The molecular weight excluding hydrogens is 400 g/mol. The van der Waals surface area contributed by atoms with Crippen LogP contribution in [0.15, 0.2) is 66.2 Å². The third kappa shape index (κ3) is 4.61. The van der Waals surface area contributed by atoms with E-state index in [2.05, 4.69) is 52.5 Å². The summed E-state index contributed by atoms with van der Waals surface area (Å²) in [6.45, 7) is 4.34. The molecule has 0 aliphatic rings. The number of thiophene rings is 1. The first kappa shape index (κ1) is 20.7. The van der Waals surface area contributed by atoms with E-state index in [4.69, 9.17) is 10.00 Å². The lowest BCUT2D eigenvalue weighted by Crippen LogP contribution is -1.97. The Hall–Kier alpha value is -3.60. The Bertz CT molecular complexity index is 1300. The molecule has 4 heteroatoms. The molecule has 152 valence electrons. The zero-order valence-corrected chi connectivity index (χ0v) is 18.4. The van der Waals surface area contributed by atoms with Crippen LogP contribution in [-0.2, 0) is 6.61 Å². The number of nitrogens with zero attached hydrogens (tertiary/aromatic N) is 2. The van der Waals surface area contributed by atoms with Gasteiger partial charge in [0.25, 0.3) is 0 Å². The van der Waals surface area contributed by atoms with Crippen LogP contribution in [0.5, 0.6) is 5.75 Å². The summed E-state index contributed by atoms with van der Waals surface area (Å²) in [5.41, 5.74) is 5.59. The van der Waals surface area contributed by atoms with Crippen LogP contribution in [0.4, 0.5) is 0 Å². The topological polar surface area (TPSA) is 45.9 Å². The first-order valence-electron chi connectivity index (χ1n) is 10.1. The molecule has 0 aliphatic carbocycles. The van der Waals surface area contributed by atoms with Crippen molar-refractivity contribution in [2.24, 2.45) is 0 Å².